The Labute approximate surface area is 163 Å². The van der Waals surface area contributed by atoms with Gasteiger partial charge in [-0.15, -0.1) is 0 Å². The number of hydrogen-bond acceptors (Lipinski definition) is 4. The van der Waals surface area contributed by atoms with Crippen LogP contribution in [0.25, 0.3) is 6.08 Å². The first-order chi connectivity index (χ1) is 13.0. The van der Waals surface area contributed by atoms with Crippen molar-refractivity contribution in [3.05, 3.63) is 71.3 Å². The van der Waals surface area contributed by atoms with Crippen molar-refractivity contribution in [3.8, 4) is 5.75 Å². The quantitative estimate of drug-likeness (QED) is 0.419. The number of methoxy groups -OCH3 is 1. The number of benzene rings is 2. The Kier molecular flexibility index (Phi) is 7.51. The first-order valence-corrected chi connectivity index (χ1v) is 8.64. The van der Waals surface area contributed by atoms with Crippen LogP contribution < -0.4 is 20.9 Å². The number of carbonyl (C=O) groups is 2. The van der Waals surface area contributed by atoms with E-state index in [0.717, 1.165) is 22.4 Å². The molecule has 0 aliphatic heterocycles. The molecule has 0 aliphatic rings. The molecule has 0 saturated carbocycles. The van der Waals surface area contributed by atoms with E-state index in [1.54, 1.807) is 37.5 Å². The van der Waals surface area contributed by atoms with Crippen LogP contribution in [0.5, 0.6) is 5.75 Å². The third kappa shape index (κ3) is 7.29. The maximum absolute atomic E-state index is 11.9. The van der Waals surface area contributed by atoms with Crippen molar-refractivity contribution in [3.63, 3.8) is 0 Å². The van der Waals surface area contributed by atoms with Crippen LogP contribution in [-0.2, 0) is 16.0 Å². The van der Waals surface area contributed by atoms with Gasteiger partial charge >= 0.3 is 0 Å². The molecule has 0 fully saturated rings. The van der Waals surface area contributed by atoms with Crippen LogP contribution >= 0.6 is 12.2 Å². The maximum Gasteiger partial charge on any atom is 0.250 e. The Bertz CT molecular complexity index is 831. The lowest BCUT2D eigenvalue weighted by Crippen LogP contribution is -2.48. The minimum atomic E-state index is -0.391. The molecule has 0 spiro atoms. The summed E-state index contributed by atoms with van der Waals surface area (Å²) in [6.45, 7) is 1.99. The molecule has 0 bridgehead atoms. The lowest BCUT2D eigenvalue weighted by Gasteiger charge is -2.10. The Morgan fingerprint density at radius 2 is 1.70 bits per heavy atom. The van der Waals surface area contributed by atoms with Gasteiger partial charge in [0.05, 0.1) is 13.5 Å². The Hall–Kier alpha value is -3.19. The summed E-state index contributed by atoms with van der Waals surface area (Å²) in [5.41, 5.74) is 7.82. The molecule has 0 saturated heterocycles. The van der Waals surface area contributed by atoms with Gasteiger partial charge in [0.25, 0.3) is 0 Å². The zero-order valence-corrected chi connectivity index (χ0v) is 15.9. The van der Waals surface area contributed by atoms with Gasteiger partial charge in [-0.05, 0) is 48.5 Å². The highest BCUT2D eigenvalue weighted by Gasteiger charge is 2.05. The summed E-state index contributed by atoms with van der Waals surface area (Å²) in [5, 5.41) is 2.47. The molecular formula is C20H21N3O3S. The second kappa shape index (κ2) is 10.1. The maximum atomic E-state index is 11.9. The minimum absolute atomic E-state index is 0.0108. The van der Waals surface area contributed by atoms with Gasteiger partial charge in [0.15, 0.2) is 5.11 Å². The van der Waals surface area contributed by atoms with E-state index in [-0.39, 0.29) is 17.4 Å². The van der Waals surface area contributed by atoms with Crippen LogP contribution in [0.3, 0.4) is 0 Å². The smallest absolute Gasteiger partial charge is 0.250 e. The van der Waals surface area contributed by atoms with Gasteiger partial charge in [-0.2, -0.15) is 0 Å². The molecule has 0 atom stereocenters. The number of amides is 2. The molecule has 0 unspecified atom stereocenters. The van der Waals surface area contributed by atoms with Crippen molar-refractivity contribution < 1.29 is 14.3 Å². The van der Waals surface area contributed by atoms with Crippen molar-refractivity contribution in [1.82, 2.24) is 16.2 Å². The highest BCUT2D eigenvalue weighted by atomic mass is 32.1. The molecule has 2 rings (SSSR count). The molecule has 0 heterocycles. The van der Waals surface area contributed by atoms with E-state index in [4.69, 9.17) is 17.0 Å². The highest BCUT2D eigenvalue weighted by molar-refractivity contribution is 7.80. The van der Waals surface area contributed by atoms with Gasteiger partial charge in [0.1, 0.15) is 5.75 Å². The van der Waals surface area contributed by atoms with Crippen LogP contribution in [0.15, 0.2) is 54.6 Å². The van der Waals surface area contributed by atoms with Crippen molar-refractivity contribution in [2.75, 3.05) is 7.11 Å². The molecule has 27 heavy (non-hydrogen) atoms. The van der Waals surface area contributed by atoms with Gasteiger partial charge in [-0.3, -0.25) is 25.8 Å². The number of thiocarbonyl (C=S) groups is 1. The van der Waals surface area contributed by atoms with Gasteiger partial charge in [-0.1, -0.05) is 42.0 Å². The third-order valence-electron chi connectivity index (χ3n) is 3.58. The lowest BCUT2D eigenvalue weighted by molar-refractivity contribution is -0.121. The largest absolute Gasteiger partial charge is 0.497 e. The van der Waals surface area contributed by atoms with Crippen molar-refractivity contribution in [2.45, 2.75) is 13.3 Å². The molecule has 0 aromatic heterocycles. The van der Waals surface area contributed by atoms with Crippen molar-refractivity contribution in [1.29, 1.82) is 0 Å². The predicted molar refractivity (Wildman–Crippen MR) is 109 cm³/mol. The van der Waals surface area contributed by atoms with Crippen LogP contribution in [0, 0.1) is 6.92 Å². The number of ether oxygens (including phenoxy) is 1. The van der Waals surface area contributed by atoms with E-state index in [1.165, 1.54) is 6.08 Å². The fourth-order valence-electron chi connectivity index (χ4n) is 2.13. The molecule has 0 radical (unpaired) electrons. The van der Waals surface area contributed by atoms with Gasteiger partial charge in [0.2, 0.25) is 11.8 Å². The van der Waals surface area contributed by atoms with Crippen molar-refractivity contribution in [2.24, 2.45) is 0 Å². The van der Waals surface area contributed by atoms with Gasteiger partial charge in [0, 0.05) is 6.08 Å². The average Bonchev–Trinajstić information content (AvgIpc) is 2.66. The summed E-state index contributed by atoms with van der Waals surface area (Å²) in [7, 11) is 1.58. The standard InChI is InChI=1S/C20H21N3O3S/c1-14-3-5-15(6-4-14)9-12-18(24)21-20(27)23-22-19(25)13-16-7-10-17(26-2)11-8-16/h3-12H,13H2,1-2H3,(H,22,25)(H2,21,23,24,27). The van der Waals surface area contributed by atoms with E-state index in [2.05, 4.69) is 16.2 Å². The SMILES string of the molecule is COc1ccc(CC(=O)NNC(=S)NC(=O)C=Cc2ccc(C)cc2)cc1. The van der Waals surface area contributed by atoms with Gasteiger partial charge in [-0.25, -0.2) is 0 Å². The summed E-state index contributed by atoms with van der Waals surface area (Å²) < 4.78 is 5.07. The monoisotopic (exact) mass is 383 g/mol. The highest BCUT2D eigenvalue weighted by Crippen LogP contribution is 2.11. The van der Waals surface area contributed by atoms with E-state index in [9.17, 15) is 9.59 Å². The number of aryl methyl sites for hydroxylation is 1. The Morgan fingerprint density at radius 1 is 1.04 bits per heavy atom. The number of hydrazine groups is 1. The zero-order chi connectivity index (χ0) is 19.6. The van der Waals surface area contributed by atoms with Crippen LogP contribution in [0.4, 0.5) is 0 Å². The summed E-state index contributed by atoms with van der Waals surface area (Å²) >= 11 is 4.99. The molecule has 6 nitrogen and oxygen atoms in total. The Morgan fingerprint density at radius 3 is 2.33 bits per heavy atom. The van der Waals surface area contributed by atoms with E-state index in [0.29, 0.717) is 0 Å². The van der Waals surface area contributed by atoms with Crippen LogP contribution in [-0.4, -0.2) is 24.0 Å². The molecule has 2 amide bonds. The molecule has 7 heteroatoms. The van der Waals surface area contributed by atoms with E-state index >= 15 is 0 Å². The molecule has 2 aromatic rings. The average molecular weight is 383 g/mol. The first kappa shape index (κ1) is 20.1. The Balaban J connectivity index is 1.73. The van der Waals surface area contributed by atoms with E-state index in [1.807, 2.05) is 31.2 Å². The molecule has 140 valence electrons. The number of carbonyl (C=O) groups excluding carboxylic acids is 2. The first-order valence-electron chi connectivity index (χ1n) is 8.24. The van der Waals surface area contributed by atoms with Gasteiger partial charge < -0.3 is 4.74 Å². The summed E-state index contributed by atoms with van der Waals surface area (Å²) in [6.07, 6.45) is 3.22. The fourth-order valence-corrected chi connectivity index (χ4v) is 2.29. The lowest BCUT2D eigenvalue weighted by atomic mass is 10.1. The normalized spacial score (nSPS) is 10.3. The number of rotatable bonds is 5. The molecule has 2 aromatic carbocycles. The summed E-state index contributed by atoms with van der Waals surface area (Å²) in [4.78, 5) is 23.7. The molecule has 0 aliphatic carbocycles. The molecular weight excluding hydrogens is 362 g/mol. The van der Waals surface area contributed by atoms with E-state index < -0.39 is 5.91 Å². The summed E-state index contributed by atoms with van der Waals surface area (Å²) in [5.74, 6) is 0.0457. The number of hydrogen-bond donors (Lipinski definition) is 3. The van der Waals surface area contributed by atoms with Crippen LogP contribution in [0.1, 0.15) is 16.7 Å². The zero-order valence-electron chi connectivity index (χ0n) is 15.1. The second-order valence-corrected chi connectivity index (χ2v) is 6.17. The summed E-state index contributed by atoms with van der Waals surface area (Å²) in [6, 6.07) is 14.9. The molecule has 3 N–H and O–H groups in total. The minimum Gasteiger partial charge on any atom is -0.497 e. The topological polar surface area (TPSA) is 79.5 Å². The fraction of sp³-hybridized carbons (Fsp3) is 0.150. The van der Waals surface area contributed by atoms with Crippen LogP contribution in [0.2, 0.25) is 0 Å². The third-order valence-corrected chi connectivity index (χ3v) is 3.78. The predicted octanol–water partition coefficient (Wildman–Crippen LogP) is 2.28. The number of nitrogens with one attached hydrogen (secondary N) is 3. The second-order valence-electron chi connectivity index (χ2n) is 5.76. The van der Waals surface area contributed by atoms with Crippen molar-refractivity contribution >= 4 is 35.2 Å².